The van der Waals surface area contributed by atoms with Crippen molar-refractivity contribution in [3.8, 4) is 5.75 Å². The molecule has 21 heavy (non-hydrogen) atoms. The Hall–Kier alpha value is -1.92. The van der Waals surface area contributed by atoms with Crippen LogP contribution in [-0.4, -0.2) is 18.4 Å². The highest BCUT2D eigenvalue weighted by Gasteiger charge is 2.32. The Morgan fingerprint density at radius 3 is 2.38 bits per heavy atom. The number of nitrogen functional groups attached to an aromatic ring is 1. The normalized spacial score (nSPS) is 13.1. The standard InChI is InChI=1S/C14H18F3NO3/c1-8(2)6-9(3)20-13(19)10-4-5-12(11(18)7-10)21-14(15,16)17/h4-5,7-9H,6,18H2,1-3H3. The van der Waals surface area contributed by atoms with Gasteiger partial charge in [-0.3, -0.25) is 0 Å². The Morgan fingerprint density at radius 2 is 1.90 bits per heavy atom. The van der Waals surface area contributed by atoms with Crippen molar-refractivity contribution >= 4 is 11.7 Å². The van der Waals surface area contributed by atoms with Crippen LogP contribution in [0.3, 0.4) is 0 Å². The molecule has 7 heteroatoms. The molecule has 1 aromatic carbocycles. The number of anilines is 1. The number of alkyl halides is 3. The van der Waals surface area contributed by atoms with Crippen molar-refractivity contribution in [3.05, 3.63) is 23.8 Å². The molecule has 4 nitrogen and oxygen atoms in total. The van der Waals surface area contributed by atoms with Gasteiger partial charge in [0.2, 0.25) is 0 Å². The third-order valence-corrected chi connectivity index (χ3v) is 2.58. The second-order valence-corrected chi connectivity index (χ2v) is 5.15. The Kier molecular flexibility index (Phi) is 5.46. The van der Waals surface area contributed by atoms with Crippen LogP contribution in [0.4, 0.5) is 18.9 Å². The van der Waals surface area contributed by atoms with Crippen molar-refractivity contribution in [3.63, 3.8) is 0 Å². The van der Waals surface area contributed by atoms with Gasteiger partial charge in [-0.1, -0.05) is 13.8 Å². The number of hydrogen-bond donors (Lipinski definition) is 1. The molecular weight excluding hydrogens is 287 g/mol. The lowest BCUT2D eigenvalue weighted by Gasteiger charge is -2.16. The maximum atomic E-state index is 12.1. The number of carbonyl (C=O) groups is 1. The third-order valence-electron chi connectivity index (χ3n) is 2.58. The van der Waals surface area contributed by atoms with E-state index in [1.54, 1.807) is 6.92 Å². The van der Waals surface area contributed by atoms with Gasteiger partial charge in [0.25, 0.3) is 0 Å². The fraction of sp³-hybridized carbons (Fsp3) is 0.500. The molecule has 0 aliphatic heterocycles. The Morgan fingerprint density at radius 1 is 1.29 bits per heavy atom. The summed E-state index contributed by atoms with van der Waals surface area (Å²) in [6, 6.07) is 3.28. The van der Waals surface area contributed by atoms with E-state index in [-0.39, 0.29) is 17.4 Å². The average molecular weight is 305 g/mol. The van der Waals surface area contributed by atoms with Gasteiger partial charge in [-0.15, -0.1) is 13.2 Å². The van der Waals surface area contributed by atoms with Gasteiger partial charge < -0.3 is 15.2 Å². The lowest BCUT2D eigenvalue weighted by molar-refractivity contribution is -0.274. The molecule has 1 unspecified atom stereocenters. The van der Waals surface area contributed by atoms with Crippen molar-refractivity contribution in [2.45, 2.75) is 39.7 Å². The van der Waals surface area contributed by atoms with Crippen LogP contribution >= 0.6 is 0 Å². The smallest absolute Gasteiger partial charge is 0.459 e. The monoisotopic (exact) mass is 305 g/mol. The van der Waals surface area contributed by atoms with Gasteiger partial charge in [-0.05, 0) is 37.5 Å². The number of halogens is 3. The fourth-order valence-corrected chi connectivity index (χ4v) is 1.86. The van der Waals surface area contributed by atoms with E-state index in [1.165, 1.54) is 6.07 Å². The molecule has 0 heterocycles. The Balaban J connectivity index is 2.77. The van der Waals surface area contributed by atoms with E-state index in [2.05, 4.69) is 4.74 Å². The van der Waals surface area contributed by atoms with Crippen LogP contribution in [0.5, 0.6) is 5.75 Å². The first kappa shape index (κ1) is 17.1. The fourth-order valence-electron chi connectivity index (χ4n) is 1.86. The molecule has 0 radical (unpaired) electrons. The number of ether oxygens (including phenoxy) is 2. The molecule has 1 rings (SSSR count). The Labute approximate surface area is 121 Å². The number of carbonyl (C=O) groups excluding carboxylic acids is 1. The zero-order valence-electron chi connectivity index (χ0n) is 12.0. The number of hydrogen-bond acceptors (Lipinski definition) is 4. The molecule has 1 atom stereocenters. The zero-order valence-corrected chi connectivity index (χ0v) is 12.0. The first-order valence-electron chi connectivity index (χ1n) is 6.44. The first-order chi connectivity index (χ1) is 9.58. The molecule has 0 aliphatic carbocycles. The summed E-state index contributed by atoms with van der Waals surface area (Å²) in [6.07, 6.45) is -4.43. The van der Waals surface area contributed by atoms with E-state index in [9.17, 15) is 18.0 Å². The minimum atomic E-state index is -4.83. The molecule has 0 aromatic heterocycles. The summed E-state index contributed by atoms with van der Waals surface area (Å²) in [6.45, 7) is 5.74. The quantitative estimate of drug-likeness (QED) is 0.664. The predicted molar refractivity (Wildman–Crippen MR) is 71.9 cm³/mol. The third kappa shape index (κ3) is 5.93. The van der Waals surface area contributed by atoms with Crippen molar-refractivity contribution in [2.75, 3.05) is 5.73 Å². The summed E-state index contributed by atoms with van der Waals surface area (Å²) in [5.41, 5.74) is 5.25. The van der Waals surface area contributed by atoms with Gasteiger partial charge in [0.1, 0.15) is 0 Å². The summed E-state index contributed by atoms with van der Waals surface area (Å²) in [5, 5.41) is 0. The van der Waals surface area contributed by atoms with Gasteiger partial charge in [-0.25, -0.2) is 4.79 Å². The van der Waals surface area contributed by atoms with Crippen LogP contribution in [0.2, 0.25) is 0 Å². The van der Waals surface area contributed by atoms with Crippen LogP contribution in [0.25, 0.3) is 0 Å². The molecule has 0 spiro atoms. The minimum absolute atomic E-state index is 0.0811. The molecule has 0 saturated heterocycles. The van der Waals surface area contributed by atoms with Crippen molar-refractivity contribution in [1.29, 1.82) is 0 Å². The zero-order chi connectivity index (χ0) is 16.2. The van der Waals surface area contributed by atoms with Crippen molar-refractivity contribution in [1.82, 2.24) is 0 Å². The summed E-state index contributed by atoms with van der Waals surface area (Å²) in [4.78, 5) is 11.8. The molecule has 0 saturated carbocycles. The summed E-state index contributed by atoms with van der Waals surface area (Å²) in [7, 11) is 0. The van der Waals surface area contributed by atoms with Crippen LogP contribution in [0.15, 0.2) is 18.2 Å². The van der Waals surface area contributed by atoms with Crippen LogP contribution in [-0.2, 0) is 4.74 Å². The largest absolute Gasteiger partial charge is 0.573 e. The van der Waals surface area contributed by atoms with Gasteiger partial charge >= 0.3 is 12.3 Å². The number of esters is 1. The van der Waals surface area contributed by atoms with Crippen molar-refractivity contribution in [2.24, 2.45) is 5.92 Å². The van der Waals surface area contributed by atoms with Gasteiger partial charge in [0.15, 0.2) is 5.75 Å². The lowest BCUT2D eigenvalue weighted by Crippen LogP contribution is -2.19. The highest BCUT2D eigenvalue weighted by Crippen LogP contribution is 2.29. The molecule has 0 amide bonds. The minimum Gasteiger partial charge on any atom is -0.459 e. The van der Waals surface area contributed by atoms with Crippen LogP contribution in [0, 0.1) is 5.92 Å². The summed E-state index contributed by atoms with van der Waals surface area (Å²) in [5.74, 6) is -0.817. The molecule has 1 aromatic rings. The summed E-state index contributed by atoms with van der Waals surface area (Å²) < 4.78 is 45.2. The van der Waals surface area contributed by atoms with E-state index >= 15 is 0 Å². The van der Waals surface area contributed by atoms with E-state index in [1.807, 2.05) is 13.8 Å². The van der Waals surface area contributed by atoms with E-state index in [4.69, 9.17) is 10.5 Å². The van der Waals surface area contributed by atoms with Crippen molar-refractivity contribution < 1.29 is 27.4 Å². The second-order valence-electron chi connectivity index (χ2n) is 5.15. The predicted octanol–water partition coefficient (Wildman–Crippen LogP) is 3.76. The van der Waals surface area contributed by atoms with E-state index < -0.39 is 18.1 Å². The topological polar surface area (TPSA) is 61.5 Å². The highest BCUT2D eigenvalue weighted by molar-refractivity contribution is 5.91. The highest BCUT2D eigenvalue weighted by atomic mass is 19.4. The van der Waals surface area contributed by atoms with Gasteiger partial charge in [-0.2, -0.15) is 0 Å². The van der Waals surface area contributed by atoms with Gasteiger partial charge in [0.05, 0.1) is 17.4 Å². The first-order valence-corrected chi connectivity index (χ1v) is 6.44. The maximum Gasteiger partial charge on any atom is 0.573 e. The summed E-state index contributed by atoms with van der Waals surface area (Å²) >= 11 is 0. The van der Waals surface area contributed by atoms with Crippen LogP contribution < -0.4 is 10.5 Å². The Bertz CT molecular complexity index is 501. The number of nitrogens with two attached hydrogens (primary N) is 1. The maximum absolute atomic E-state index is 12.1. The SMILES string of the molecule is CC(C)CC(C)OC(=O)c1ccc(OC(F)(F)F)c(N)c1. The second kappa shape index (κ2) is 6.69. The van der Waals surface area contributed by atoms with E-state index in [0.717, 1.165) is 12.1 Å². The van der Waals surface area contributed by atoms with Gasteiger partial charge in [0, 0.05) is 0 Å². The average Bonchev–Trinajstić information content (AvgIpc) is 2.28. The van der Waals surface area contributed by atoms with E-state index in [0.29, 0.717) is 12.3 Å². The molecule has 0 fully saturated rings. The molecule has 2 N–H and O–H groups in total. The number of rotatable bonds is 5. The molecule has 0 aliphatic rings. The number of benzene rings is 1. The molecule has 0 bridgehead atoms. The molecular formula is C14H18F3NO3. The van der Waals surface area contributed by atoms with Crippen LogP contribution in [0.1, 0.15) is 37.6 Å². The lowest BCUT2D eigenvalue weighted by atomic mass is 10.1. The molecule has 118 valence electrons.